The first-order valence-electron chi connectivity index (χ1n) is 12.8. The van der Waals surface area contributed by atoms with E-state index in [2.05, 4.69) is 30.3 Å². The van der Waals surface area contributed by atoms with E-state index in [1.165, 1.54) is 22.5 Å². The summed E-state index contributed by atoms with van der Waals surface area (Å²) in [5.74, 6) is 1.41. The van der Waals surface area contributed by atoms with Gasteiger partial charge < -0.3 is 9.15 Å². The predicted octanol–water partition coefficient (Wildman–Crippen LogP) is 6.07. The molecule has 1 atom stereocenters. The van der Waals surface area contributed by atoms with Gasteiger partial charge in [-0.2, -0.15) is 0 Å². The molecule has 0 amide bonds. The van der Waals surface area contributed by atoms with E-state index >= 15 is 0 Å². The van der Waals surface area contributed by atoms with Gasteiger partial charge in [0.25, 0.3) is 5.56 Å². The Kier molecular flexibility index (Phi) is 6.10. The number of methoxy groups -OCH3 is 1. The van der Waals surface area contributed by atoms with Crippen molar-refractivity contribution < 1.29 is 9.15 Å². The predicted molar refractivity (Wildman–Crippen MR) is 155 cm³/mol. The fourth-order valence-corrected chi connectivity index (χ4v) is 7.12. The van der Waals surface area contributed by atoms with E-state index in [0.717, 1.165) is 45.4 Å². The smallest absolute Gasteiger partial charge is 0.271 e. The third-order valence-corrected chi connectivity index (χ3v) is 9.03. The summed E-state index contributed by atoms with van der Waals surface area (Å²) < 4.78 is 14.1. The van der Waals surface area contributed by atoms with Crippen molar-refractivity contribution in [2.45, 2.75) is 28.9 Å². The Morgan fingerprint density at radius 3 is 2.72 bits per heavy atom. The van der Waals surface area contributed by atoms with E-state index in [0.29, 0.717) is 15.1 Å². The molecule has 2 aromatic heterocycles. The van der Waals surface area contributed by atoms with Crippen molar-refractivity contribution in [1.82, 2.24) is 4.57 Å². The molecule has 0 radical (unpaired) electrons. The fourth-order valence-electron chi connectivity index (χ4n) is 5.33. The summed E-state index contributed by atoms with van der Waals surface area (Å²) in [5, 5.41) is 0.779. The molecule has 3 aromatic carbocycles. The molecule has 0 fully saturated rings. The van der Waals surface area contributed by atoms with Crippen LogP contribution in [0, 0.1) is 0 Å². The first-order valence-corrected chi connectivity index (χ1v) is 14.4. The van der Waals surface area contributed by atoms with Gasteiger partial charge in [-0.3, -0.25) is 9.36 Å². The van der Waals surface area contributed by atoms with Gasteiger partial charge >= 0.3 is 0 Å². The number of nitrogens with zero attached hydrogens (tertiary/aromatic N) is 2. The van der Waals surface area contributed by atoms with Gasteiger partial charge in [0.2, 0.25) is 0 Å². The molecule has 0 N–H and O–H groups in total. The van der Waals surface area contributed by atoms with Crippen LogP contribution in [0.3, 0.4) is 0 Å². The molecule has 192 valence electrons. The lowest BCUT2D eigenvalue weighted by atomic mass is 9.83. The van der Waals surface area contributed by atoms with Crippen LogP contribution in [0.4, 0.5) is 0 Å². The Balaban J connectivity index is 1.37. The zero-order valence-electron chi connectivity index (χ0n) is 21.2. The van der Waals surface area contributed by atoms with Gasteiger partial charge in [-0.1, -0.05) is 77.7 Å². The number of benzene rings is 3. The Labute approximate surface area is 233 Å². The average Bonchev–Trinajstić information content (AvgIpc) is 3.55. The molecule has 7 rings (SSSR count). The third kappa shape index (κ3) is 4.37. The monoisotopic (exact) mass is 548 g/mol. The maximum atomic E-state index is 14.0. The molecule has 5 aromatic rings. The van der Waals surface area contributed by atoms with Crippen molar-refractivity contribution in [3.05, 3.63) is 139 Å². The highest BCUT2D eigenvalue weighted by Crippen LogP contribution is 2.41. The van der Waals surface area contributed by atoms with Crippen LogP contribution in [0.2, 0.25) is 0 Å². The number of allylic oxidation sites excluding steroid dienone is 1. The molecule has 2 aliphatic rings. The maximum Gasteiger partial charge on any atom is 0.271 e. The second-order valence-electron chi connectivity index (χ2n) is 9.46. The van der Waals surface area contributed by atoms with Gasteiger partial charge in [-0.15, -0.1) is 0 Å². The lowest BCUT2D eigenvalue weighted by molar-refractivity contribution is 0.413. The quantitative estimate of drug-likeness (QED) is 0.268. The highest BCUT2D eigenvalue weighted by Gasteiger charge is 2.32. The van der Waals surface area contributed by atoms with E-state index in [1.54, 1.807) is 18.9 Å². The van der Waals surface area contributed by atoms with Crippen molar-refractivity contribution in [2.24, 2.45) is 4.99 Å². The zero-order chi connectivity index (χ0) is 26.3. The van der Waals surface area contributed by atoms with E-state index in [9.17, 15) is 4.79 Å². The SMILES string of the molecule is COc1cccc([C@@H]2C3=C(N=c4s/c(=C\c5ccc(Sc6ccccc6)o5)c(=O)n42)c2ccccc2CC3)c1. The van der Waals surface area contributed by atoms with Crippen LogP contribution in [0.1, 0.15) is 34.9 Å². The van der Waals surface area contributed by atoms with Crippen LogP contribution in [0.25, 0.3) is 11.8 Å². The topological polar surface area (TPSA) is 56.7 Å². The van der Waals surface area contributed by atoms with E-state index in [-0.39, 0.29) is 11.6 Å². The summed E-state index contributed by atoms with van der Waals surface area (Å²) in [6, 6.07) is 30.1. The van der Waals surface area contributed by atoms with Crippen LogP contribution in [0.15, 0.2) is 121 Å². The van der Waals surface area contributed by atoms with Gasteiger partial charge in [-0.25, -0.2) is 4.99 Å². The Hall–Kier alpha value is -4.07. The number of fused-ring (bicyclic) bond motifs is 3. The van der Waals surface area contributed by atoms with Crippen LogP contribution < -0.4 is 19.6 Å². The number of aryl methyl sites for hydroxylation is 1. The number of aromatic nitrogens is 1. The fraction of sp³-hybridized carbons (Fsp3) is 0.125. The van der Waals surface area contributed by atoms with Crippen LogP contribution in [-0.4, -0.2) is 11.7 Å². The standard InChI is InChI=1S/C32H24N2O3S2/c1-36-22-10-7-9-21(18-22)30-26-16-14-20-8-5-6-13-25(20)29(26)33-32-34(30)31(35)27(39-32)19-23-15-17-28(37-23)38-24-11-3-2-4-12-24/h2-13,15,17-19,30H,14,16H2,1H3/b27-19-/t30-/m1/s1. The molecule has 0 spiro atoms. The summed E-state index contributed by atoms with van der Waals surface area (Å²) in [7, 11) is 1.67. The van der Waals surface area contributed by atoms with Crippen molar-refractivity contribution in [3.8, 4) is 5.75 Å². The molecule has 0 bridgehead atoms. The van der Waals surface area contributed by atoms with Gasteiger partial charge in [0.1, 0.15) is 11.5 Å². The maximum absolute atomic E-state index is 14.0. The highest BCUT2D eigenvalue weighted by atomic mass is 32.2. The van der Waals surface area contributed by atoms with Gasteiger partial charge in [0.05, 0.1) is 23.4 Å². The van der Waals surface area contributed by atoms with Crippen molar-refractivity contribution in [2.75, 3.05) is 7.11 Å². The number of furan rings is 1. The lowest BCUT2D eigenvalue weighted by Crippen LogP contribution is -2.38. The molecular weight excluding hydrogens is 524 g/mol. The Morgan fingerprint density at radius 2 is 1.85 bits per heavy atom. The summed E-state index contributed by atoms with van der Waals surface area (Å²) >= 11 is 2.96. The molecule has 5 nitrogen and oxygen atoms in total. The first kappa shape index (κ1) is 24.0. The number of hydrogen-bond donors (Lipinski definition) is 0. The minimum Gasteiger partial charge on any atom is -0.497 e. The van der Waals surface area contributed by atoms with E-state index in [1.807, 2.05) is 71.3 Å². The molecule has 1 aliphatic carbocycles. The van der Waals surface area contributed by atoms with Crippen molar-refractivity contribution in [1.29, 1.82) is 0 Å². The van der Waals surface area contributed by atoms with Gasteiger partial charge in [-0.05, 0) is 65.9 Å². The lowest BCUT2D eigenvalue weighted by Gasteiger charge is -2.31. The number of hydrogen-bond acceptors (Lipinski definition) is 6. The summed E-state index contributed by atoms with van der Waals surface area (Å²) in [6.07, 6.45) is 3.60. The minimum absolute atomic E-state index is 0.0642. The van der Waals surface area contributed by atoms with Crippen LogP contribution in [0.5, 0.6) is 5.75 Å². The summed E-state index contributed by atoms with van der Waals surface area (Å²) in [5.41, 5.74) is 5.55. The third-order valence-electron chi connectivity index (χ3n) is 7.12. The molecule has 39 heavy (non-hydrogen) atoms. The second kappa shape index (κ2) is 9.91. The molecule has 0 saturated carbocycles. The van der Waals surface area contributed by atoms with Crippen LogP contribution >= 0.6 is 23.1 Å². The summed E-state index contributed by atoms with van der Waals surface area (Å²) in [4.78, 5) is 20.8. The number of thiazole rings is 1. The Bertz CT molecular complexity index is 1910. The zero-order valence-corrected chi connectivity index (χ0v) is 22.8. The normalized spacial score (nSPS) is 16.3. The highest BCUT2D eigenvalue weighted by molar-refractivity contribution is 7.99. The van der Waals surface area contributed by atoms with Crippen molar-refractivity contribution >= 4 is 34.9 Å². The van der Waals surface area contributed by atoms with Crippen LogP contribution in [-0.2, 0) is 6.42 Å². The molecule has 0 saturated heterocycles. The first-order chi connectivity index (χ1) is 19.2. The van der Waals surface area contributed by atoms with Crippen molar-refractivity contribution in [3.63, 3.8) is 0 Å². The molecule has 3 heterocycles. The van der Waals surface area contributed by atoms with Gasteiger partial charge in [0.15, 0.2) is 9.89 Å². The minimum atomic E-state index is -0.248. The summed E-state index contributed by atoms with van der Waals surface area (Å²) in [6.45, 7) is 0. The largest absolute Gasteiger partial charge is 0.497 e. The molecular formula is C32H24N2O3S2. The average molecular weight is 549 g/mol. The molecule has 1 aliphatic heterocycles. The van der Waals surface area contributed by atoms with Gasteiger partial charge in [0, 0.05) is 16.5 Å². The number of ether oxygens (including phenoxy) is 1. The molecule has 7 heteroatoms. The number of rotatable bonds is 5. The second-order valence-corrected chi connectivity index (χ2v) is 11.5. The molecule has 0 unspecified atom stereocenters. The Morgan fingerprint density at radius 1 is 1.00 bits per heavy atom. The van der Waals surface area contributed by atoms with E-state index < -0.39 is 0 Å². The van der Waals surface area contributed by atoms with E-state index in [4.69, 9.17) is 14.1 Å².